The van der Waals surface area contributed by atoms with Gasteiger partial charge in [-0.15, -0.1) is 0 Å². The molecule has 0 saturated heterocycles. The first-order valence-corrected chi connectivity index (χ1v) is 9.27. The van der Waals surface area contributed by atoms with Crippen LogP contribution in [-0.4, -0.2) is 39.3 Å². The van der Waals surface area contributed by atoms with E-state index in [0.29, 0.717) is 34.8 Å². The maximum absolute atomic E-state index is 12.4. The van der Waals surface area contributed by atoms with Crippen LogP contribution < -0.4 is 16.9 Å². The van der Waals surface area contributed by atoms with E-state index in [1.54, 1.807) is 53.1 Å². The average Bonchev–Trinajstić information content (AvgIpc) is 2.71. The molecule has 8 nitrogen and oxygen atoms in total. The Bertz CT molecular complexity index is 1000. The molecule has 0 bridgehead atoms. The summed E-state index contributed by atoms with van der Waals surface area (Å²) < 4.78 is 1.66. The highest BCUT2D eigenvalue weighted by Crippen LogP contribution is 2.18. The molecule has 0 unspecified atom stereocenters. The van der Waals surface area contributed by atoms with Crippen molar-refractivity contribution in [1.82, 2.24) is 4.57 Å². The molecule has 6 N–H and O–H groups in total. The predicted octanol–water partition coefficient (Wildman–Crippen LogP) is 1.77. The van der Waals surface area contributed by atoms with E-state index < -0.39 is 18.0 Å². The number of nitrogens with two attached hydrogens (primary N) is 2. The lowest BCUT2D eigenvalue weighted by atomic mass is 10.1. The topological polar surface area (TPSA) is 149 Å². The van der Waals surface area contributed by atoms with Crippen LogP contribution in [0.1, 0.15) is 19.3 Å². The monoisotopic (exact) mass is 399 g/mol. The van der Waals surface area contributed by atoms with E-state index >= 15 is 0 Å². The molecule has 1 aromatic heterocycles. The Morgan fingerprint density at radius 2 is 1.45 bits per heavy atom. The molecule has 0 spiro atoms. The van der Waals surface area contributed by atoms with Gasteiger partial charge in [0.15, 0.2) is 5.43 Å². The number of pyridine rings is 1. The maximum Gasteiger partial charge on any atom is 0.323 e. The quantitative estimate of drug-likeness (QED) is 0.349. The zero-order valence-electron chi connectivity index (χ0n) is 16.0. The van der Waals surface area contributed by atoms with Gasteiger partial charge < -0.3 is 26.2 Å². The van der Waals surface area contributed by atoms with E-state index in [0.717, 1.165) is 12.8 Å². The van der Waals surface area contributed by atoms with Gasteiger partial charge in [-0.05, 0) is 43.7 Å². The molecule has 0 fully saturated rings. The molecular formula is C21H25N3O5. The lowest BCUT2D eigenvalue weighted by molar-refractivity contribution is -0.139. The second kappa shape index (κ2) is 10.4. The molecule has 0 radical (unpaired) electrons. The number of fused-ring (bicyclic) bond motifs is 2. The number of benzene rings is 2. The van der Waals surface area contributed by atoms with Crippen molar-refractivity contribution in [3.8, 4) is 0 Å². The van der Waals surface area contributed by atoms with Gasteiger partial charge >= 0.3 is 11.9 Å². The zero-order chi connectivity index (χ0) is 21.4. The Labute approximate surface area is 167 Å². The molecule has 0 aliphatic carbocycles. The highest BCUT2D eigenvalue weighted by molar-refractivity contribution is 5.94. The zero-order valence-corrected chi connectivity index (χ0v) is 16.0. The summed E-state index contributed by atoms with van der Waals surface area (Å²) in [5.74, 6) is -1.86. The van der Waals surface area contributed by atoms with Crippen LogP contribution in [-0.2, 0) is 16.1 Å². The number of aliphatic carboxylic acids is 2. The van der Waals surface area contributed by atoms with Gasteiger partial charge in [-0.2, -0.15) is 0 Å². The number of nitrogens with zero attached hydrogens (tertiary/aromatic N) is 1. The fourth-order valence-corrected chi connectivity index (χ4v) is 3.01. The van der Waals surface area contributed by atoms with E-state index in [4.69, 9.17) is 21.7 Å². The highest BCUT2D eigenvalue weighted by Gasteiger charge is 2.11. The molecule has 0 amide bonds. The Hall–Kier alpha value is -3.23. The van der Waals surface area contributed by atoms with Crippen molar-refractivity contribution in [2.75, 3.05) is 6.54 Å². The van der Waals surface area contributed by atoms with Crippen molar-refractivity contribution in [1.29, 1.82) is 0 Å². The molecule has 2 aromatic carbocycles. The second-order valence-corrected chi connectivity index (χ2v) is 6.57. The van der Waals surface area contributed by atoms with Crippen molar-refractivity contribution in [3.63, 3.8) is 0 Å². The normalized spacial score (nSPS) is 11.7. The molecule has 0 saturated carbocycles. The summed E-state index contributed by atoms with van der Waals surface area (Å²) >= 11 is 0. The lowest BCUT2D eigenvalue weighted by Crippen LogP contribution is -2.29. The Morgan fingerprint density at radius 1 is 0.931 bits per heavy atom. The molecule has 1 heterocycles. The molecule has 0 aliphatic rings. The number of rotatable bonds is 7. The largest absolute Gasteiger partial charge is 0.480 e. The number of carboxylic acid groups (broad SMARTS) is 2. The fraction of sp³-hybridized carbons (Fsp3) is 0.286. The minimum Gasteiger partial charge on any atom is -0.480 e. The first-order chi connectivity index (χ1) is 13.9. The van der Waals surface area contributed by atoms with Gasteiger partial charge in [-0.1, -0.05) is 30.7 Å². The first-order valence-electron chi connectivity index (χ1n) is 9.27. The fourth-order valence-electron chi connectivity index (χ4n) is 3.01. The third-order valence-electron chi connectivity index (χ3n) is 4.46. The van der Waals surface area contributed by atoms with Crippen molar-refractivity contribution >= 4 is 33.7 Å². The summed E-state index contributed by atoms with van der Waals surface area (Å²) in [6.07, 6.45) is 2.16. The van der Waals surface area contributed by atoms with Crippen LogP contribution in [0.3, 0.4) is 0 Å². The third kappa shape index (κ3) is 5.63. The summed E-state index contributed by atoms with van der Waals surface area (Å²) in [6, 6.07) is 13.4. The van der Waals surface area contributed by atoms with Crippen molar-refractivity contribution in [3.05, 3.63) is 58.8 Å². The van der Waals surface area contributed by atoms with Crippen LogP contribution in [0.5, 0.6) is 0 Å². The number of carboxylic acids is 2. The molecule has 1 atom stereocenters. The molecular weight excluding hydrogens is 374 g/mol. The van der Waals surface area contributed by atoms with E-state index in [1.165, 1.54) is 0 Å². The number of unbranched alkanes of at least 4 members (excludes halogenated alkanes) is 1. The number of hydrogen-bond acceptors (Lipinski definition) is 5. The Kier molecular flexibility index (Phi) is 7.88. The molecule has 154 valence electrons. The molecule has 29 heavy (non-hydrogen) atoms. The standard InChI is InChI=1S/C15H11NO3.C6H14N2O2/c17-14(18)9-16-12-7-3-1-5-10(12)15(19)11-6-2-4-8-13(11)16;7-4-2-1-3-5(8)6(9)10/h1-8H,9H2,(H,17,18);5H,1-4,7-8H2,(H,9,10)/t;5-/m.0/s1. The van der Waals surface area contributed by atoms with Crippen LogP contribution in [0.15, 0.2) is 53.3 Å². The van der Waals surface area contributed by atoms with E-state index in [9.17, 15) is 14.4 Å². The molecule has 3 aromatic rings. The molecule has 8 heteroatoms. The minimum atomic E-state index is -0.933. The first kappa shape index (κ1) is 22.1. The van der Waals surface area contributed by atoms with Crippen molar-refractivity contribution in [2.45, 2.75) is 31.8 Å². The van der Waals surface area contributed by atoms with Crippen molar-refractivity contribution < 1.29 is 19.8 Å². The summed E-state index contributed by atoms with van der Waals surface area (Å²) in [5, 5.41) is 18.5. The summed E-state index contributed by atoms with van der Waals surface area (Å²) in [4.78, 5) is 33.5. The number of para-hydroxylation sites is 2. The van der Waals surface area contributed by atoms with Gasteiger partial charge in [0.25, 0.3) is 0 Å². The number of aromatic nitrogens is 1. The van der Waals surface area contributed by atoms with Gasteiger partial charge in [0.2, 0.25) is 0 Å². The summed E-state index contributed by atoms with van der Waals surface area (Å²) in [7, 11) is 0. The van der Waals surface area contributed by atoms with Gasteiger partial charge in [-0.3, -0.25) is 14.4 Å². The van der Waals surface area contributed by atoms with E-state index in [1.807, 2.05) is 0 Å². The number of carbonyl (C=O) groups is 2. The van der Waals surface area contributed by atoms with Crippen LogP contribution >= 0.6 is 0 Å². The lowest BCUT2D eigenvalue weighted by Gasteiger charge is -2.12. The minimum absolute atomic E-state index is 0.0622. The summed E-state index contributed by atoms with van der Waals surface area (Å²) in [6.45, 7) is 0.438. The summed E-state index contributed by atoms with van der Waals surface area (Å²) in [5.41, 5.74) is 11.7. The predicted molar refractivity (Wildman–Crippen MR) is 112 cm³/mol. The SMILES string of the molecule is NCCCC[C@H](N)C(=O)O.O=C(O)Cn1c2ccccc2c(=O)c2ccccc21. The van der Waals surface area contributed by atoms with Gasteiger partial charge in [-0.25, -0.2) is 0 Å². The molecule has 0 aliphatic heterocycles. The molecule has 3 rings (SSSR count). The van der Waals surface area contributed by atoms with Crippen LogP contribution in [0, 0.1) is 0 Å². The van der Waals surface area contributed by atoms with Crippen LogP contribution in [0.25, 0.3) is 21.8 Å². The Balaban J connectivity index is 0.000000257. The van der Waals surface area contributed by atoms with Gasteiger partial charge in [0.1, 0.15) is 12.6 Å². The second-order valence-electron chi connectivity index (χ2n) is 6.57. The van der Waals surface area contributed by atoms with Crippen LogP contribution in [0.4, 0.5) is 0 Å². The van der Waals surface area contributed by atoms with E-state index in [-0.39, 0.29) is 12.0 Å². The van der Waals surface area contributed by atoms with Gasteiger partial charge in [0, 0.05) is 10.8 Å². The number of hydrogen-bond donors (Lipinski definition) is 4. The smallest absolute Gasteiger partial charge is 0.323 e. The maximum atomic E-state index is 12.4. The van der Waals surface area contributed by atoms with Gasteiger partial charge in [0.05, 0.1) is 11.0 Å². The third-order valence-corrected chi connectivity index (χ3v) is 4.46. The Morgan fingerprint density at radius 3 is 1.90 bits per heavy atom. The average molecular weight is 399 g/mol. The van der Waals surface area contributed by atoms with Crippen LogP contribution in [0.2, 0.25) is 0 Å². The van der Waals surface area contributed by atoms with Crippen molar-refractivity contribution in [2.24, 2.45) is 11.5 Å². The van der Waals surface area contributed by atoms with E-state index in [2.05, 4.69) is 0 Å². The highest BCUT2D eigenvalue weighted by atomic mass is 16.4.